The fourth-order valence-corrected chi connectivity index (χ4v) is 2.69. The Morgan fingerprint density at radius 2 is 2.14 bits per heavy atom. The maximum Gasteiger partial charge on any atom is 0.262 e. The normalized spacial score (nSPS) is 19.4. The van der Waals surface area contributed by atoms with Gasteiger partial charge in [-0.15, -0.1) is 0 Å². The topological polar surface area (TPSA) is 70.7 Å². The molecule has 21 heavy (non-hydrogen) atoms. The van der Waals surface area contributed by atoms with Gasteiger partial charge in [0.25, 0.3) is 5.91 Å². The molecule has 6 heteroatoms. The van der Waals surface area contributed by atoms with Crippen LogP contribution in [-0.2, 0) is 9.59 Å². The van der Waals surface area contributed by atoms with E-state index in [1.165, 1.54) is 0 Å². The summed E-state index contributed by atoms with van der Waals surface area (Å²) in [6.45, 7) is 3.90. The number of likely N-dealkylation sites (tertiary alicyclic amines) is 1. The summed E-state index contributed by atoms with van der Waals surface area (Å²) in [5.74, 6) is 0.403. The number of ether oxygens (including phenoxy) is 1. The summed E-state index contributed by atoms with van der Waals surface area (Å²) in [4.78, 5) is 25.7. The molecule has 2 N–H and O–H groups in total. The van der Waals surface area contributed by atoms with E-state index >= 15 is 0 Å². The fourth-order valence-electron chi connectivity index (χ4n) is 2.69. The van der Waals surface area contributed by atoms with E-state index in [0.717, 1.165) is 25.9 Å². The molecule has 0 radical (unpaired) electrons. The minimum absolute atomic E-state index is 0.00851. The van der Waals surface area contributed by atoms with Gasteiger partial charge in [-0.2, -0.15) is 0 Å². The second kappa shape index (κ2) is 5.73. The van der Waals surface area contributed by atoms with Gasteiger partial charge in [0.05, 0.1) is 11.7 Å². The molecule has 0 spiro atoms. The summed E-state index contributed by atoms with van der Waals surface area (Å²) in [5.41, 5.74) is 1.32. The third-order valence-corrected chi connectivity index (χ3v) is 3.95. The van der Waals surface area contributed by atoms with E-state index in [-0.39, 0.29) is 24.5 Å². The van der Waals surface area contributed by atoms with Gasteiger partial charge in [0.2, 0.25) is 5.91 Å². The average Bonchev–Trinajstić information content (AvgIpc) is 3.00. The molecule has 2 heterocycles. The molecule has 1 aromatic rings. The van der Waals surface area contributed by atoms with Crippen molar-refractivity contribution in [1.82, 2.24) is 4.90 Å². The van der Waals surface area contributed by atoms with E-state index in [2.05, 4.69) is 15.5 Å². The van der Waals surface area contributed by atoms with Crippen molar-refractivity contribution in [2.75, 3.05) is 30.3 Å². The third-order valence-electron chi connectivity index (χ3n) is 3.95. The number of carbonyl (C=O) groups is 2. The molecule has 1 unspecified atom stereocenters. The van der Waals surface area contributed by atoms with Crippen molar-refractivity contribution >= 4 is 23.2 Å². The molecule has 0 aliphatic carbocycles. The van der Waals surface area contributed by atoms with Crippen LogP contribution in [0.2, 0.25) is 0 Å². The average molecular weight is 289 g/mol. The molecule has 6 nitrogen and oxygen atoms in total. The number of carbonyl (C=O) groups excluding carboxylic acids is 2. The Morgan fingerprint density at radius 1 is 1.38 bits per heavy atom. The van der Waals surface area contributed by atoms with Gasteiger partial charge in [0.15, 0.2) is 6.61 Å². The Hall–Kier alpha value is -2.08. The molecule has 2 aliphatic rings. The highest BCUT2D eigenvalue weighted by Crippen LogP contribution is 2.30. The minimum Gasteiger partial charge on any atom is -0.482 e. The molecule has 3 rings (SSSR count). The zero-order valence-electron chi connectivity index (χ0n) is 12.0. The Balaban J connectivity index is 1.67. The monoisotopic (exact) mass is 289 g/mol. The molecule has 0 bridgehead atoms. The second-order valence-corrected chi connectivity index (χ2v) is 5.46. The van der Waals surface area contributed by atoms with Crippen LogP contribution in [0.3, 0.4) is 0 Å². The highest BCUT2D eigenvalue weighted by Gasteiger charge is 2.24. The number of hydrogen-bond donors (Lipinski definition) is 2. The van der Waals surface area contributed by atoms with Crippen molar-refractivity contribution in [3.8, 4) is 5.75 Å². The van der Waals surface area contributed by atoms with Gasteiger partial charge in [0, 0.05) is 11.8 Å². The molecule has 0 aromatic heterocycles. The summed E-state index contributed by atoms with van der Waals surface area (Å²) in [5, 5.41) is 5.63. The Labute approximate surface area is 123 Å². The van der Waals surface area contributed by atoms with E-state index in [4.69, 9.17) is 4.74 Å². The van der Waals surface area contributed by atoms with Crippen LogP contribution in [0.15, 0.2) is 18.2 Å². The number of fused-ring (bicyclic) bond motifs is 1. The van der Waals surface area contributed by atoms with Crippen LogP contribution in [0.5, 0.6) is 5.75 Å². The molecule has 2 aliphatic heterocycles. The van der Waals surface area contributed by atoms with Crippen molar-refractivity contribution in [3.05, 3.63) is 18.2 Å². The predicted molar refractivity (Wildman–Crippen MR) is 79.5 cm³/mol. The van der Waals surface area contributed by atoms with Gasteiger partial charge >= 0.3 is 0 Å². The zero-order valence-corrected chi connectivity index (χ0v) is 12.0. The predicted octanol–water partition coefficient (Wildman–Crippen LogP) is 1.44. The first-order valence-electron chi connectivity index (χ1n) is 7.25. The quantitative estimate of drug-likeness (QED) is 0.883. The van der Waals surface area contributed by atoms with Crippen molar-refractivity contribution in [3.63, 3.8) is 0 Å². The first-order chi connectivity index (χ1) is 10.1. The molecular weight excluding hydrogens is 270 g/mol. The molecule has 0 saturated carbocycles. The van der Waals surface area contributed by atoms with Crippen LogP contribution in [0.4, 0.5) is 11.4 Å². The van der Waals surface area contributed by atoms with Crippen LogP contribution in [0, 0.1) is 0 Å². The number of nitrogens with one attached hydrogen (secondary N) is 2. The lowest BCUT2D eigenvalue weighted by Gasteiger charge is -2.23. The van der Waals surface area contributed by atoms with Gasteiger partial charge < -0.3 is 15.4 Å². The zero-order chi connectivity index (χ0) is 14.8. The van der Waals surface area contributed by atoms with Gasteiger partial charge in [-0.3, -0.25) is 14.5 Å². The van der Waals surface area contributed by atoms with Gasteiger partial charge in [-0.25, -0.2) is 0 Å². The number of anilines is 2. The van der Waals surface area contributed by atoms with Crippen molar-refractivity contribution in [2.24, 2.45) is 0 Å². The van der Waals surface area contributed by atoms with E-state index in [0.29, 0.717) is 17.1 Å². The largest absolute Gasteiger partial charge is 0.482 e. The van der Waals surface area contributed by atoms with Gasteiger partial charge in [-0.05, 0) is 45.0 Å². The minimum atomic E-state index is -0.165. The number of nitrogens with zero attached hydrogens (tertiary/aromatic N) is 1. The van der Waals surface area contributed by atoms with Gasteiger partial charge in [0.1, 0.15) is 5.75 Å². The number of amides is 2. The van der Waals surface area contributed by atoms with Crippen LogP contribution in [0.25, 0.3) is 0 Å². The Morgan fingerprint density at radius 3 is 2.90 bits per heavy atom. The lowest BCUT2D eigenvalue weighted by molar-refractivity contribution is -0.120. The van der Waals surface area contributed by atoms with Crippen molar-refractivity contribution < 1.29 is 14.3 Å². The molecule has 1 saturated heterocycles. The summed E-state index contributed by atoms with van der Waals surface area (Å²) in [6, 6.07) is 5.11. The lowest BCUT2D eigenvalue weighted by atomic mass is 10.2. The smallest absolute Gasteiger partial charge is 0.262 e. The number of hydrogen-bond acceptors (Lipinski definition) is 4. The third kappa shape index (κ3) is 3.00. The SMILES string of the molecule is CC(C(=O)Nc1ccc2c(c1)OCC(=O)N2)N1CCCC1. The van der Waals surface area contributed by atoms with E-state index in [9.17, 15) is 9.59 Å². The first kappa shape index (κ1) is 13.9. The molecule has 1 fully saturated rings. The second-order valence-electron chi connectivity index (χ2n) is 5.46. The van der Waals surface area contributed by atoms with Gasteiger partial charge in [-0.1, -0.05) is 0 Å². The van der Waals surface area contributed by atoms with E-state index < -0.39 is 0 Å². The number of rotatable bonds is 3. The first-order valence-corrected chi connectivity index (χ1v) is 7.25. The lowest BCUT2D eigenvalue weighted by Crippen LogP contribution is -2.40. The van der Waals surface area contributed by atoms with Crippen LogP contribution in [0.1, 0.15) is 19.8 Å². The summed E-state index contributed by atoms with van der Waals surface area (Å²) in [6.07, 6.45) is 2.31. The standard InChI is InChI=1S/C15H19N3O3/c1-10(18-6-2-3-7-18)15(20)16-11-4-5-12-13(8-11)21-9-14(19)17-12/h4-5,8,10H,2-3,6-7,9H2,1H3,(H,16,20)(H,17,19). The highest BCUT2D eigenvalue weighted by atomic mass is 16.5. The maximum atomic E-state index is 12.3. The van der Waals surface area contributed by atoms with Crippen molar-refractivity contribution in [1.29, 1.82) is 0 Å². The van der Waals surface area contributed by atoms with Crippen molar-refractivity contribution in [2.45, 2.75) is 25.8 Å². The molecule has 1 aromatic carbocycles. The fraction of sp³-hybridized carbons (Fsp3) is 0.467. The summed E-state index contributed by atoms with van der Waals surface area (Å²) in [7, 11) is 0. The van der Waals surface area contributed by atoms with Crippen LogP contribution in [-0.4, -0.2) is 42.5 Å². The highest BCUT2D eigenvalue weighted by molar-refractivity contribution is 5.98. The van der Waals surface area contributed by atoms with Crippen LogP contribution >= 0.6 is 0 Å². The van der Waals surface area contributed by atoms with Crippen LogP contribution < -0.4 is 15.4 Å². The summed E-state index contributed by atoms with van der Waals surface area (Å²) < 4.78 is 5.34. The Bertz CT molecular complexity index is 567. The number of benzene rings is 1. The summed E-state index contributed by atoms with van der Waals surface area (Å²) >= 11 is 0. The van der Waals surface area contributed by atoms with E-state index in [1.807, 2.05) is 6.92 Å². The van der Waals surface area contributed by atoms with E-state index in [1.54, 1.807) is 18.2 Å². The molecular formula is C15H19N3O3. The molecule has 1 atom stereocenters. The molecule has 2 amide bonds. The molecule has 112 valence electrons. The Kier molecular flexibility index (Phi) is 3.79. The maximum absolute atomic E-state index is 12.3.